The van der Waals surface area contributed by atoms with Crippen LogP contribution in [0.2, 0.25) is 0 Å². The van der Waals surface area contributed by atoms with Crippen molar-refractivity contribution in [3.8, 4) is 5.75 Å². The second-order valence-corrected chi connectivity index (χ2v) is 8.69. The molecule has 2 aliphatic rings. The number of ether oxygens (including phenoxy) is 1. The summed E-state index contributed by atoms with van der Waals surface area (Å²) in [7, 11) is 0. The Hall–Kier alpha value is -0.100. The van der Waals surface area contributed by atoms with E-state index in [2.05, 4.69) is 45.7 Å². The highest BCUT2D eigenvalue weighted by Crippen LogP contribution is 2.40. The van der Waals surface area contributed by atoms with E-state index in [1.165, 1.54) is 25.8 Å². The summed E-state index contributed by atoms with van der Waals surface area (Å²) in [6.07, 6.45) is 3.83. The average Bonchev–Trinajstić information content (AvgIpc) is 2.46. The number of Topliss-reactive ketones (excluding diaryl/α,β-unsaturated/α-hetero) is 1. The molecular weight excluding hydrogens is 445 g/mol. The molecule has 1 fully saturated rings. The number of hydrogen-bond acceptors (Lipinski definition) is 2. The Labute approximate surface area is 160 Å². The van der Waals surface area contributed by atoms with E-state index in [1.807, 2.05) is 12.1 Å². The molecule has 0 saturated carbocycles. The third-order valence-corrected chi connectivity index (χ3v) is 6.08. The molecule has 2 heterocycles. The fourth-order valence-electron chi connectivity index (χ4n) is 3.65. The van der Waals surface area contributed by atoms with Crippen molar-refractivity contribution in [2.45, 2.75) is 39.2 Å². The van der Waals surface area contributed by atoms with Gasteiger partial charge in [0, 0.05) is 4.47 Å². The molecule has 3 rings (SSSR count). The molecule has 1 aromatic rings. The van der Waals surface area contributed by atoms with Gasteiger partial charge in [0.1, 0.15) is 17.8 Å². The minimum atomic E-state index is -0.436. The van der Waals surface area contributed by atoms with Gasteiger partial charge in [-0.25, -0.2) is 0 Å². The predicted molar refractivity (Wildman–Crippen MR) is 93.8 cm³/mol. The molecule has 0 spiro atoms. The number of benzene rings is 1. The largest absolute Gasteiger partial charge is 1.00 e. The van der Waals surface area contributed by atoms with Crippen LogP contribution in [0.4, 0.5) is 0 Å². The highest BCUT2D eigenvalue weighted by molar-refractivity contribution is 9.11. The van der Waals surface area contributed by atoms with Gasteiger partial charge in [0.2, 0.25) is 0 Å². The first-order valence-electron chi connectivity index (χ1n) is 7.92. The van der Waals surface area contributed by atoms with Crippen LogP contribution in [0.25, 0.3) is 0 Å². The Balaban J connectivity index is 0.00000192. The van der Waals surface area contributed by atoms with Gasteiger partial charge in [-0.05, 0) is 61.2 Å². The van der Waals surface area contributed by atoms with Crippen LogP contribution in [0.15, 0.2) is 21.1 Å². The number of quaternary nitrogens is 1. The van der Waals surface area contributed by atoms with Crippen LogP contribution in [0, 0.1) is 5.41 Å². The molecule has 0 aliphatic carbocycles. The van der Waals surface area contributed by atoms with Crippen LogP contribution >= 0.6 is 31.9 Å². The summed E-state index contributed by atoms with van der Waals surface area (Å²) >= 11 is 6.96. The Morgan fingerprint density at radius 2 is 2.09 bits per heavy atom. The lowest BCUT2D eigenvalue weighted by Gasteiger charge is -2.39. The molecule has 0 aromatic heterocycles. The first-order valence-corrected chi connectivity index (χ1v) is 9.50. The standard InChI is InChI=1S/C17H21Br2NO2.ClH/c1-11-5-3-4-6-20(11)9-17(2)10-22-15-13(16(17)21)7-12(18)8-14(15)19;/h7-8,11H,3-6,9-10H2,1-2H3;1H. The molecule has 1 N–H and O–H groups in total. The number of likely N-dealkylation sites (tertiary alicyclic amines) is 1. The average molecular weight is 468 g/mol. The van der Waals surface area contributed by atoms with E-state index >= 15 is 0 Å². The van der Waals surface area contributed by atoms with Crippen molar-refractivity contribution in [1.29, 1.82) is 0 Å². The number of piperidine rings is 1. The summed E-state index contributed by atoms with van der Waals surface area (Å²) in [4.78, 5) is 14.6. The van der Waals surface area contributed by atoms with Crippen molar-refractivity contribution in [3.05, 3.63) is 26.6 Å². The maximum Gasteiger partial charge on any atom is 0.181 e. The molecule has 1 aromatic carbocycles. The number of carbonyl (C=O) groups excluding carboxylic acids is 1. The lowest BCUT2D eigenvalue weighted by molar-refractivity contribution is -0.933. The number of carbonyl (C=O) groups is 1. The summed E-state index contributed by atoms with van der Waals surface area (Å²) < 4.78 is 7.71. The van der Waals surface area contributed by atoms with Crippen molar-refractivity contribution in [2.24, 2.45) is 5.41 Å². The van der Waals surface area contributed by atoms with Gasteiger partial charge in [-0.2, -0.15) is 0 Å². The van der Waals surface area contributed by atoms with Gasteiger partial charge in [0.05, 0.1) is 29.2 Å². The summed E-state index contributed by atoms with van der Waals surface area (Å²) in [5.41, 5.74) is 0.257. The van der Waals surface area contributed by atoms with Crippen molar-refractivity contribution in [2.75, 3.05) is 19.7 Å². The van der Waals surface area contributed by atoms with E-state index in [1.54, 1.807) is 4.90 Å². The quantitative estimate of drug-likeness (QED) is 0.676. The summed E-state index contributed by atoms with van der Waals surface area (Å²) in [6.45, 7) is 6.85. The van der Waals surface area contributed by atoms with E-state index in [0.29, 0.717) is 24.0 Å². The van der Waals surface area contributed by atoms with E-state index in [0.717, 1.165) is 15.5 Å². The Bertz CT molecular complexity index is 611. The number of fused-ring (bicyclic) bond motifs is 1. The smallest absolute Gasteiger partial charge is 0.181 e. The topological polar surface area (TPSA) is 30.7 Å². The van der Waals surface area contributed by atoms with Gasteiger partial charge in [-0.1, -0.05) is 15.9 Å². The molecular formula is C17H22Br2ClNO2. The first kappa shape index (κ1) is 19.2. The monoisotopic (exact) mass is 465 g/mol. The third kappa shape index (κ3) is 3.78. The molecule has 0 amide bonds. The van der Waals surface area contributed by atoms with Crippen LogP contribution in [-0.2, 0) is 0 Å². The zero-order valence-electron chi connectivity index (χ0n) is 13.4. The second kappa shape index (κ2) is 7.42. The minimum absolute atomic E-state index is 0. The number of ketones is 1. The predicted octanol–water partition coefficient (Wildman–Crippen LogP) is 0.254. The molecule has 0 bridgehead atoms. The van der Waals surface area contributed by atoms with Gasteiger partial charge in [0.25, 0.3) is 0 Å². The molecule has 3 atom stereocenters. The van der Waals surface area contributed by atoms with E-state index in [9.17, 15) is 4.79 Å². The van der Waals surface area contributed by atoms with Gasteiger partial charge in [-0.3, -0.25) is 4.79 Å². The maximum atomic E-state index is 13.1. The van der Waals surface area contributed by atoms with Crippen LogP contribution in [0.3, 0.4) is 0 Å². The number of nitrogens with one attached hydrogen (secondary N) is 1. The molecule has 128 valence electrons. The Morgan fingerprint density at radius 3 is 2.78 bits per heavy atom. The fourth-order valence-corrected chi connectivity index (χ4v) is 4.99. The molecule has 23 heavy (non-hydrogen) atoms. The third-order valence-electron chi connectivity index (χ3n) is 5.04. The van der Waals surface area contributed by atoms with Crippen molar-refractivity contribution >= 4 is 37.6 Å². The van der Waals surface area contributed by atoms with Crippen LogP contribution in [0.5, 0.6) is 5.75 Å². The number of rotatable bonds is 2. The molecule has 1 saturated heterocycles. The van der Waals surface area contributed by atoms with Crippen molar-refractivity contribution < 1.29 is 26.8 Å². The summed E-state index contributed by atoms with van der Waals surface area (Å²) in [6, 6.07) is 4.44. The van der Waals surface area contributed by atoms with E-state index in [4.69, 9.17) is 4.74 Å². The van der Waals surface area contributed by atoms with Gasteiger partial charge in [-0.15, -0.1) is 0 Å². The molecule has 0 radical (unpaired) electrons. The van der Waals surface area contributed by atoms with Crippen molar-refractivity contribution in [3.63, 3.8) is 0 Å². The summed E-state index contributed by atoms with van der Waals surface area (Å²) in [5.74, 6) is 0.897. The van der Waals surface area contributed by atoms with Crippen LogP contribution in [-0.4, -0.2) is 31.5 Å². The summed E-state index contributed by atoms with van der Waals surface area (Å²) in [5, 5.41) is 0. The molecule has 3 nitrogen and oxygen atoms in total. The second-order valence-electron chi connectivity index (χ2n) is 6.92. The van der Waals surface area contributed by atoms with Crippen LogP contribution < -0.4 is 22.0 Å². The SMILES string of the molecule is CC1CCCC[NH+]1CC1(C)COc2c(Br)cc(Br)cc2C1=O.[Cl-]. The molecule has 2 aliphatic heterocycles. The Kier molecular flexibility index (Phi) is 6.21. The van der Waals surface area contributed by atoms with Gasteiger partial charge >= 0.3 is 0 Å². The zero-order chi connectivity index (χ0) is 15.9. The first-order chi connectivity index (χ1) is 10.4. The fraction of sp³-hybridized carbons (Fsp3) is 0.588. The van der Waals surface area contributed by atoms with E-state index in [-0.39, 0.29) is 18.2 Å². The molecule has 3 unspecified atom stereocenters. The van der Waals surface area contributed by atoms with E-state index < -0.39 is 5.41 Å². The zero-order valence-corrected chi connectivity index (χ0v) is 17.4. The normalized spacial score (nSPS) is 30.2. The maximum absolute atomic E-state index is 13.1. The lowest BCUT2D eigenvalue weighted by atomic mass is 9.79. The lowest BCUT2D eigenvalue weighted by Crippen LogP contribution is -3.17. The molecule has 6 heteroatoms. The van der Waals surface area contributed by atoms with Crippen molar-refractivity contribution in [1.82, 2.24) is 0 Å². The highest BCUT2D eigenvalue weighted by Gasteiger charge is 2.45. The number of hydrogen-bond donors (Lipinski definition) is 1. The minimum Gasteiger partial charge on any atom is -1.00 e. The van der Waals surface area contributed by atoms with Gasteiger partial charge in [0.15, 0.2) is 5.78 Å². The number of halogens is 3. The van der Waals surface area contributed by atoms with Gasteiger partial charge < -0.3 is 22.0 Å². The van der Waals surface area contributed by atoms with Crippen LogP contribution in [0.1, 0.15) is 43.5 Å². The highest BCUT2D eigenvalue weighted by atomic mass is 79.9. The Morgan fingerprint density at radius 1 is 1.35 bits per heavy atom.